The molecule has 0 atom stereocenters. The van der Waals surface area contributed by atoms with Crippen molar-refractivity contribution >= 4 is 71.1 Å². The number of nitriles is 1. The number of fused-ring (bicyclic) bond motifs is 9. The smallest absolute Gasteiger partial charge is 0.188 e. The molecule has 0 aliphatic carbocycles. The van der Waals surface area contributed by atoms with Gasteiger partial charge in [-0.2, -0.15) is 5.26 Å². The first-order valence-electron chi connectivity index (χ1n) is 16.2. The van der Waals surface area contributed by atoms with E-state index in [-0.39, 0.29) is 0 Å². The molecule has 7 aromatic carbocycles. The van der Waals surface area contributed by atoms with E-state index in [9.17, 15) is 5.26 Å². The first kappa shape index (κ1) is 27.1. The van der Waals surface area contributed by atoms with Crippen molar-refractivity contribution in [2.75, 3.05) is 0 Å². The molecule has 0 amide bonds. The van der Waals surface area contributed by atoms with Gasteiger partial charge in [0, 0.05) is 44.0 Å². The molecule has 10 rings (SSSR count). The minimum Gasteiger partial charge on any atom is -0.309 e. The van der Waals surface area contributed by atoms with Gasteiger partial charge in [0.05, 0.1) is 51.3 Å². The van der Waals surface area contributed by atoms with Crippen molar-refractivity contribution in [1.82, 2.24) is 13.7 Å². The Hall–Kier alpha value is -7.08. The second-order valence-electron chi connectivity index (χ2n) is 12.4. The number of aromatic nitrogens is 3. The predicted octanol–water partition coefficient (Wildman–Crippen LogP) is 11.4. The van der Waals surface area contributed by atoms with Gasteiger partial charge < -0.3 is 13.7 Å². The molecule has 0 saturated heterocycles. The predicted molar refractivity (Wildman–Crippen MR) is 200 cm³/mol. The molecule has 49 heavy (non-hydrogen) atoms. The quantitative estimate of drug-likeness (QED) is 0.181. The summed E-state index contributed by atoms with van der Waals surface area (Å²) in [5.41, 5.74) is 11.0. The second-order valence-corrected chi connectivity index (χ2v) is 12.4. The number of hydrogen-bond acceptors (Lipinski definition) is 1. The van der Waals surface area contributed by atoms with E-state index in [4.69, 9.17) is 6.57 Å². The Morgan fingerprint density at radius 1 is 0.408 bits per heavy atom. The van der Waals surface area contributed by atoms with Gasteiger partial charge in [-0.05, 0) is 90.3 Å². The van der Waals surface area contributed by atoms with E-state index in [1.165, 1.54) is 10.8 Å². The normalized spacial score (nSPS) is 11.6. The van der Waals surface area contributed by atoms with Crippen LogP contribution in [0.1, 0.15) is 5.56 Å². The number of rotatable bonds is 3. The van der Waals surface area contributed by atoms with E-state index in [0.29, 0.717) is 11.3 Å². The van der Waals surface area contributed by atoms with Crippen LogP contribution in [0.15, 0.2) is 152 Å². The molecule has 3 heterocycles. The van der Waals surface area contributed by atoms with Crippen LogP contribution in [0.25, 0.3) is 87.3 Å². The fourth-order valence-corrected chi connectivity index (χ4v) is 7.76. The minimum absolute atomic E-state index is 0.626. The average molecular weight is 624 g/mol. The van der Waals surface area contributed by atoms with Gasteiger partial charge in [-0.25, -0.2) is 4.85 Å². The summed E-state index contributed by atoms with van der Waals surface area (Å²) >= 11 is 0. The van der Waals surface area contributed by atoms with E-state index in [0.717, 1.165) is 71.7 Å². The summed E-state index contributed by atoms with van der Waals surface area (Å²) in [5.74, 6) is 0. The zero-order valence-corrected chi connectivity index (χ0v) is 26.2. The van der Waals surface area contributed by atoms with Crippen molar-refractivity contribution in [3.63, 3.8) is 0 Å². The molecule has 10 aromatic rings. The molecule has 0 saturated carbocycles. The van der Waals surface area contributed by atoms with Crippen molar-refractivity contribution in [3.05, 3.63) is 169 Å². The largest absolute Gasteiger partial charge is 0.309 e. The van der Waals surface area contributed by atoms with Crippen molar-refractivity contribution in [3.8, 4) is 23.1 Å². The maximum Gasteiger partial charge on any atom is 0.188 e. The molecule has 0 unspecified atom stereocenters. The summed E-state index contributed by atoms with van der Waals surface area (Å²) in [5, 5.41) is 16.3. The third-order valence-corrected chi connectivity index (χ3v) is 9.83. The first-order chi connectivity index (χ1) is 24.2. The summed E-state index contributed by atoms with van der Waals surface area (Å²) < 4.78 is 6.96. The molecular formula is C44H25N5. The third-order valence-electron chi connectivity index (χ3n) is 9.83. The average Bonchev–Trinajstić information content (AvgIpc) is 3.79. The van der Waals surface area contributed by atoms with Crippen molar-refractivity contribution in [2.45, 2.75) is 0 Å². The lowest BCUT2D eigenvalue weighted by Gasteiger charge is -2.13. The van der Waals surface area contributed by atoms with Gasteiger partial charge in [0.2, 0.25) is 0 Å². The van der Waals surface area contributed by atoms with Gasteiger partial charge in [-0.15, -0.1) is 0 Å². The molecule has 3 aromatic heterocycles. The number of nitrogens with zero attached hydrogens (tertiary/aromatic N) is 5. The molecule has 5 heteroatoms. The molecule has 226 valence electrons. The van der Waals surface area contributed by atoms with Gasteiger partial charge in [0.1, 0.15) is 0 Å². The fourth-order valence-electron chi connectivity index (χ4n) is 7.76. The van der Waals surface area contributed by atoms with Gasteiger partial charge in [0.25, 0.3) is 0 Å². The summed E-state index contributed by atoms with van der Waals surface area (Å²) in [6.45, 7) is 7.75. The molecule has 0 spiro atoms. The summed E-state index contributed by atoms with van der Waals surface area (Å²) in [6.07, 6.45) is 0. The Labute approximate surface area is 281 Å². The highest BCUT2D eigenvalue weighted by Gasteiger charge is 2.20. The van der Waals surface area contributed by atoms with Crippen LogP contribution in [0, 0.1) is 17.9 Å². The van der Waals surface area contributed by atoms with Crippen LogP contribution in [0.2, 0.25) is 0 Å². The topological polar surface area (TPSA) is 42.9 Å². The Bertz CT molecular complexity index is 3070. The molecule has 0 N–H and O–H groups in total. The zero-order chi connectivity index (χ0) is 32.6. The summed E-state index contributed by atoms with van der Waals surface area (Å²) in [4.78, 5) is 3.78. The Morgan fingerprint density at radius 3 is 1.55 bits per heavy atom. The maximum atomic E-state index is 9.64. The standard InChI is InChI=1S/C44H25N5/c1-46-29-19-21-42-36(23-29)38-26-43-37(25-44(38)47(42)30-10-3-2-4-11-30)34-15-6-8-17-40(34)49(43)32-13-9-12-31(24-32)48-39-16-7-5-14-33(39)35-22-28(27-45)18-20-41(35)48/h2-26H. The highest BCUT2D eigenvalue weighted by atomic mass is 15.0. The van der Waals surface area contributed by atoms with Gasteiger partial charge in [0.15, 0.2) is 5.69 Å². The van der Waals surface area contributed by atoms with Gasteiger partial charge in [-0.1, -0.05) is 66.7 Å². The Morgan fingerprint density at radius 2 is 0.898 bits per heavy atom. The van der Waals surface area contributed by atoms with E-state index < -0.39 is 0 Å². The highest BCUT2D eigenvalue weighted by Crippen LogP contribution is 2.41. The molecule has 0 bridgehead atoms. The summed E-state index contributed by atoms with van der Waals surface area (Å²) in [7, 11) is 0. The van der Waals surface area contributed by atoms with E-state index in [1.807, 2.05) is 30.3 Å². The molecule has 0 aliphatic heterocycles. The maximum absolute atomic E-state index is 9.64. The minimum atomic E-state index is 0.626. The number of hydrogen-bond donors (Lipinski definition) is 0. The highest BCUT2D eigenvalue weighted by molar-refractivity contribution is 6.19. The van der Waals surface area contributed by atoms with Crippen LogP contribution in [-0.2, 0) is 0 Å². The Balaban J connectivity index is 1.28. The summed E-state index contributed by atoms with van der Waals surface area (Å²) in [6, 6.07) is 55.0. The fraction of sp³-hybridized carbons (Fsp3) is 0. The van der Waals surface area contributed by atoms with E-state index in [2.05, 4.69) is 146 Å². The van der Waals surface area contributed by atoms with Crippen LogP contribution in [0.4, 0.5) is 5.69 Å². The van der Waals surface area contributed by atoms with Crippen LogP contribution >= 0.6 is 0 Å². The lowest BCUT2D eigenvalue weighted by atomic mass is 10.1. The molecule has 0 radical (unpaired) electrons. The zero-order valence-electron chi connectivity index (χ0n) is 26.2. The lowest BCUT2D eigenvalue weighted by molar-refractivity contribution is 1.13. The van der Waals surface area contributed by atoms with Crippen LogP contribution in [0.5, 0.6) is 0 Å². The number of para-hydroxylation sites is 3. The molecule has 0 aliphatic rings. The van der Waals surface area contributed by atoms with Gasteiger partial charge in [-0.3, -0.25) is 0 Å². The van der Waals surface area contributed by atoms with Crippen LogP contribution < -0.4 is 0 Å². The van der Waals surface area contributed by atoms with E-state index >= 15 is 0 Å². The number of benzene rings is 7. The van der Waals surface area contributed by atoms with Gasteiger partial charge >= 0.3 is 0 Å². The lowest BCUT2D eigenvalue weighted by Crippen LogP contribution is -1.98. The second kappa shape index (κ2) is 10.2. The SMILES string of the molecule is [C-]#[N+]c1ccc2c(c1)c1cc3c(cc1n2-c1ccccc1)c1ccccc1n3-c1cccc(-n2c3ccccc3c3cc(C#N)ccc32)c1. The molecule has 5 nitrogen and oxygen atoms in total. The van der Waals surface area contributed by atoms with Crippen molar-refractivity contribution < 1.29 is 0 Å². The van der Waals surface area contributed by atoms with Crippen LogP contribution in [0.3, 0.4) is 0 Å². The van der Waals surface area contributed by atoms with Crippen molar-refractivity contribution in [1.29, 1.82) is 5.26 Å². The monoisotopic (exact) mass is 623 g/mol. The Kier molecular flexibility index (Phi) is 5.64. The first-order valence-corrected chi connectivity index (χ1v) is 16.2. The molecule has 0 fully saturated rings. The molecular weight excluding hydrogens is 599 g/mol. The van der Waals surface area contributed by atoms with E-state index in [1.54, 1.807) is 0 Å². The van der Waals surface area contributed by atoms with Crippen LogP contribution in [-0.4, -0.2) is 13.7 Å². The van der Waals surface area contributed by atoms with Crippen molar-refractivity contribution in [2.24, 2.45) is 0 Å². The third kappa shape index (κ3) is 3.85.